The number of para-hydroxylation sites is 1. The Morgan fingerprint density at radius 2 is 1.90 bits per heavy atom. The summed E-state index contributed by atoms with van der Waals surface area (Å²) in [5.41, 5.74) is 2.76. The van der Waals surface area contributed by atoms with Crippen LogP contribution in [-0.2, 0) is 4.79 Å². The summed E-state index contributed by atoms with van der Waals surface area (Å²) in [5, 5.41) is 6.90. The Morgan fingerprint density at radius 1 is 1.13 bits per heavy atom. The van der Waals surface area contributed by atoms with Gasteiger partial charge in [0, 0.05) is 29.8 Å². The van der Waals surface area contributed by atoms with Crippen LogP contribution in [0.5, 0.6) is 0 Å². The fourth-order valence-electron chi connectivity index (χ4n) is 3.90. The Kier molecular flexibility index (Phi) is 5.81. The Balaban J connectivity index is 1.66. The highest BCUT2D eigenvalue weighted by molar-refractivity contribution is 7.80. The standard InChI is InChI=1S/C23H25N5OS/c1-16(2)27-14-8-12-19(27)22-21(18-11-6-7-13-24-18)26-23(30)28(22)15-20(29)25-17-9-4-3-5-10-17/h3-14,16,21-22H,15H2,1-2H3,(H,25,29)(H,26,30)/t21-,22-/m1/s1. The van der Waals surface area contributed by atoms with Gasteiger partial charge in [0.1, 0.15) is 6.54 Å². The molecule has 1 amide bonds. The van der Waals surface area contributed by atoms with E-state index in [1.807, 2.05) is 59.5 Å². The Hall–Kier alpha value is -3.19. The molecule has 154 valence electrons. The summed E-state index contributed by atoms with van der Waals surface area (Å²) in [6, 6.07) is 19.4. The zero-order valence-corrected chi connectivity index (χ0v) is 17.8. The van der Waals surface area contributed by atoms with Gasteiger partial charge in [-0.05, 0) is 62.5 Å². The molecule has 0 spiro atoms. The van der Waals surface area contributed by atoms with Gasteiger partial charge >= 0.3 is 0 Å². The van der Waals surface area contributed by atoms with Gasteiger partial charge in [0.05, 0.1) is 17.8 Å². The highest BCUT2D eigenvalue weighted by atomic mass is 32.1. The molecule has 3 heterocycles. The molecule has 2 aromatic heterocycles. The molecule has 0 aliphatic carbocycles. The third kappa shape index (κ3) is 4.07. The molecule has 0 radical (unpaired) electrons. The summed E-state index contributed by atoms with van der Waals surface area (Å²) in [4.78, 5) is 19.3. The number of amides is 1. The normalized spacial score (nSPS) is 18.5. The monoisotopic (exact) mass is 419 g/mol. The third-order valence-electron chi connectivity index (χ3n) is 5.24. The Labute approximate surface area is 181 Å². The lowest BCUT2D eigenvalue weighted by Gasteiger charge is -2.29. The van der Waals surface area contributed by atoms with Crippen LogP contribution in [-0.4, -0.2) is 32.0 Å². The number of carbonyl (C=O) groups excluding carboxylic acids is 1. The summed E-state index contributed by atoms with van der Waals surface area (Å²) < 4.78 is 2.22. The van der Waals surface area contributed by atoms with E-state index in [1.165, 1.54) is 0 Å². The molecule has 1 aliphatic rings. The van der Waals surface area contributed by atoms with Crippen LogP contribution in [0, 0.1) is 0 Å². The predicted octanol–water partition coefficient (Wildman–Crippen LogP) is 4.08. The maximum Gasteiger partial charge on any atom is 0.244 e. The van der Waals surface area contributed by atoms with Crippen LogP contribution in [0.2, 0.25) is 0 Å². The molecule has 1 saturated heterocycles. The number of benzene rings is 1. The van der Waals surface area contributed by atoms with Crippen molar-refractivity contribution < 1.29 is 4.79 Å². The summed E-state index contributed by atoms with van der Waals surface area (Å²) in [5.74, 6) is -0.111. The number of hydrogen-bond donors (Lipinski definition) is 2. The molecule has 2 N–H and O–H groups in total. The van der Waals surface area contributed by atoms with Gasteiger partial charge in [-0.15, -0.1) is 0 Å². The van der Waals surface area contributed by atoms with Crippen LogP contribution < -0.4 is 10.6 Å². The van der Waals surface area contributed by atoms with E-state index >= 15 is 0 Å². The van der Waals surface area contributed by atoms with E-state index in [0.717, 1.165) is 17.1 Å². The first-order valence-electron chi connectivity index (χ1n) is 10.0. The van der Waals surface area contributed by atoms with Gasteiger partial charge in [-0.1, -0.05) is 24.3 Å². The number of nitrogens with zero attached hydrogens (tertiary/aromatic N) is 3. The first-order valence-corrected chi connectivity index (χ1v) is 10.4. The van der Waals surface area contributed by atoms with Crippen LogP contribution in [0.1, 0.15) is 43.4 Å². The molecule has 0 saturated carbocycles. The topological polar surface area (TPSA) is 62.2 Å². The van der Waals surface area contributed by atoms with Crippen molar-refractivity contribution in [3.8, 4) is 0 Å². The van der Waals surface area contributed by atoms with E-state index in [-0.39, 0.29) is 30.6 Å². The quantitative estimate of drug-likeness (QED) is 0.590. The van der Waals surface area contributed by atoms with E-state index in [4.69, 9.17) is 12.2 Å². The van der Waals surface area contributed by atoms with Gasteiger partial charge < -0.3 is 20.1 Å². The van der Waals surface area contributed by atoms with E-state index in [1.54, 1.807) is 6.20 Å². The van der Waals surface area contributed by atoms with Crippen molar-refractivity contribution in [2.45, 2.75) is 32.0 Å². The van der Waals surface area contributed by atoms with Crippen molar-refractivity contribution in [2.75, 3.05) is 11.9 Å². The smallest absolute Gasteiger partial charge is 0.244 e. The number of thiocarbonyl (C=S) groups is 1. The van der Waals surface area contributed by atoms with E-state index in [2.05, 4.69) is 46.3 Å². The van der Waals surface area contributed by atoms with Crippen LogP contribution >= 0.6 is 12.2 Å². The second kappa shape index (κ2) is 8.67. The number of anilines is 1. The van der Waals surface area contributed by atoms with E-state index < -0.39 is 0 Å². The zero-order valence-electron chi connectivity index (χ0n) is 17.0. The molecule has 7 heteroatoms. The maximum absolute atomic E-state index is 12.8. The number of rotatable bonds is 6. The highest BCUT2D eigenvalue weighted by Gasteiger charge is 2.42. The Bertz CT molecular complexity index is 1020. The summed E-state index contributed by atoms with van der Waals surface area (Å²) >= 11 is 5.66. The second-order valence-electron chi connectivity index (χ2n) is 7.60. The maximum atomic E-state index is 12.8. The van der Waals surface area contributed by atoms with Crippen molar-refractivity contribution in [3.63, 3.8) is 0 Å². The first-order chi connectivity index (χ1) is 14.5. The molecule has 3 aromatic rings. The predicted molar refractivity (Wildman–Crippen MR) is 122 cm³/mol. The number of nitrogens with one attached hydrogen (secondary N) is 2. The van der Waals surface area contributed by atoms with Crippen molar-refractivity contribution in [2.24, 2.45) is 0 Å². The summed E-state index contributed by atoms with van der Waals surface area (Å²) in [6.45, 7) is 4.44. The molecule has 30 heavy (non-hydrogen) atoms. The molecular formula is C23H25N5OS. The molecule has 1 fully saturated rings. The zero-order chi connectivity index (χ0) is 21.1. The van der Waals surface area contributed by atoms with Gasteiger partial charge in [-0.3, -0.25) is 9.78 Å². The molecule has 2 atom stereocenters. The summed E-state index contributed by atoms with van der Waals surface area (Å²) in [6.07, 6.45) is 3.85. The number of hydrogen-bond acceptors (Lipinski definition) is 3. The molecular weight excluding hydrogens is 394 g/mol. The van der Waals surface area contributed by atoms with Crippen LogP contribution in [0.15, 0.2) is 73.1 Å². The fourth-order valence-corrected chi connectivity index (χ4v) is 4.21. The minimum absolute atomic E-state index is 0.111. The lowest BCUT2D eigenvalue weighted by molar-refractivity contribution is -0.116. The summed E-state index contributed by atoms with van der Waals surface area (Å²) in [7, 11) is 0. The van der Waals surface area contributed by atoms with Crippen molar-refractivity contribution in [1.82, 2.24) is 19.8 Å². The SMILES string of the molecule is CC(C)n1cccc1[C@@H]1[C@@H](c2ccccn2)NC(=S)N1CC(=O)Nc1ccccc1. The lowest BCUT2D eigenvalue weighted by Crippen LogP contribution is -2.37. The van der Waals surface area contributed by atoms with E-state index in [9.17, 15) is 4.79 Å². The van der Waals surface area contributed by atoms with Crippen molar-refractivity contribution in [1.29, 1.82) is 0 Å². The number of aromatic nitrogens is 2. The van der Waals surface area contributed by atoms with Crippen LogP contribution in [0.25, 0.3) is 0 Å². The van der Waals surface area contributed by atoms with Gasteiger partial charge in [-0.2, -0.15) is 0 Å². The molecule has 0 unspecified atom stereocenters. The number of pyridine rings is 1. The first kappa shape index (κ1) is 20.1. The minimum Gasteiger partial charge on any atom is -0.352 e. The van der Waals surface area contributed by atoms with Crippen LogP contribution in [0.4, 0.5) is 5.69 Å². The highest BCUT2D eigenvalue weighted by Crippen LogP contribution is 2.39. The lowest BCUT2D eigenvalue weighted by atomic mass is 10.0. The van der Waals surface area contributed by atoms with Gasteiger partial charge in [0.15, 0.2) is 5.11 Å². The van der Waals surface area contributed by atoms with Gasteiger partial charge in [-0.25, -0.2) is 0 Å². The average Bonchev–Trinajstić information content (AvgIpc) is 3.34. The second-order valence-corrected chi connectivity index (χ2v) is 7.99. The molecule has 4 rings (SSSR count). The Morgan fingerprint density at radius 3 is 2.60 bits per heavy atom. The fraction of sp³-hybridized carbons (Fsp3) is 0.261. The minimum atomic E-state index is -0.147. The van der Waals surface area contributed by atoms with Crippen molar-refractivity contribution in [3.05, 3.63) is 84.4 Å². The number of carbonyl (C=O) groups is 1. The molecule has 6 nitrogen and oxygen atoms in total. The van der Waals surface area contributed by atoms with E-state index in [0.29, 0.717) is 5.11 Å². The third-order valence-corrected chi connectivity index (χ3v) is 5.59. The van der Waals surface area contributed by atoms with Gasteiger partial charge in [0.2, 0.25) is 5.91 Å². The van der Waals surface area contributed by atoms with Gasteiger partial charge in [0.25, 0.3) is 0 Å². The molecule has 0 bridgehead atoms. The average molecular weight is 420 g/mol. The van der Waals surface area contributed by atoms with Crippen LogP contribution in [0.3, 0.4) is 0 Å². The largest absolute Gasteiger partial charge is 0.352 e. The van der Waals surface area contributed by atoms with Crippen molar-refractivity contribution >= 4 is 28.9 Å². The molecule has 1 aromatic carbocycles. The molecule has 1 aliphatic heterocycles.